The predicted molar refractivity (Wildman–Crippen MR) is 57.4 cm³/mol. The highest BCUT2D eigenvalue weighted by Crippen LogP contribution is 2.25. The number of methoxy groups -OCH3 is 1. The van der Waals surface area contributed by atoms with Crippen LogP contribution in [0.2, 0.25) is 0 Å². The number of nitrogens with zero attached hydrogens (tertiary/aromatic N) is 1. The fourth-order valence-electron chi connectivity index (χ4n) is 1.12. The lowest BCUT2D eigenvalue weighted by molar-refractivity contribution is -0.759. The largest absolute Gasteiger partial charge is 0.493 e. The Balaban J connectivity index is 2.41. The Bertz CT molecular complexity index is 370. The molecule has 0 amide bonds. The van der Waals surface area contributed by atoms with Gasteiger partial charge in [-0.3, -0.25) is 0 Å². The number of benzene rings is 1. The number of hydrogen-bond donors (Lipinski definition) is 1. The molecule has 0 bridgehead atoms. The van der Waals surface area contributed by atoms with E-state index in [1.54, 1.807) is 24.3 Å². The lowest BCUT2D eigenvalue weighted by Crippen LogP contribution is -2.25. The van der Waals surface area contributed by atoms with Crippen LogP contribution in [0.25, 0.3) is 0 Å². The van der Waals surface area contributed by atoms with Gasteiger partial charge in [0.05, 0.1) is 7.11 Å². The summed E-state index contributed by atoms with van der Waals surface area (Å²) in [7, 11) is 1.49. The molecule has 0 aliphatic carbocycles. The molecule has 7 nitrogen and oxygen atoms in total. The van der Waals surface area contributed by atoms with Crippen molar-refractivity contribution in [2.75, 3.05) is 20.3 Å². The van der Waals surface area contributed by atoms with Crippen molar-refractivity contribution in [3.05, 3.63) is 34.4 Å². The van der Waals surface area contributed by atoms with E-state index < -0.39 is 17.8 Å². The molecule has 1 N–H and O–H groups in total. The topological polar surface area (TPSA) is 91.1 Å². The molecule has 94 valence electrons. The zero-order chi connectivity index (χ0) is 12.7. The van der Waals surface area contributed by atoms with Gasteiger partial charge >= 0.3 is 0 Å². The minimum atomic E-state index is -1.08. The molecular weight excluding hydrogens is 230 g/mol. The normalized spacial score (nSPS) is 11.6. The predicted octanol–water partition coefficient (Wildman–Crippen LogP) is 0.643. The molecule has 0 saturated heterocycles. The average Bonchev–Trinajstić information content (AvgIpc) is 2.34. The summed E-state index contributed by atoms with van der Waals surface area (Å²) < 4.78 is 10.3. The molecule has 1 aromatic rings. The van der Waals surface area contributed by atoms with Crippen molar-refractivity contribution in [3.63, 3.8) is 0 Å². The molecule has 1 atom stereocenters. The fourth-order valence-corrected chi connectivity index (χ4v) is 1.12. The van der Waals surface area contributed by atoms with E-state index in [4.69, 9.17) is 9.47 Å². The summed E-state index contributed by atoms with van der Waals surface area (Å²) in [5.74, 6) is 0.977. The van der Waals surface area contributed by atoms with E-state index in [1.807, 2.05) is 0 Å². The minimum Gasteiger partial charge on any atom is -0.493 e. The van der Waals surface area contributed by atoms with Crippen molar-refractivity contribution in [1.82, 2.24) is 0 Å². The summed E-state index contributed by atoms with van der Waals surface area (Å²) in [6, 6.07) is 6.89. The van der Waals surface area contributed by atoms with Gasteiger partial charge < -0.3 is 19.4 Å². The van der Waals surface area contributed by atoms with Crippen LogP contribution in [0.5, 0.6) is 11.5 Å². The van der Waals surface area contributed by atoms with Crippen LogP contribution in [0.4, 0.5) is 0 Å². The number of hydrogen-bond acceptors (Lipinski definition) is 6. The summed E-state index contributed by atoms with van der Waals surface area (Å²) in [6.07, 6.45) is -1.08. The van der Waals surface area contributed by atoms with Crippen LogP contribution in [0.15, 0.2) is 24.3 Å². The molecule has 0 spiro atoms. The molecule has 0 heterocycles. The van der Waals surface area contributed by atoms with E-state index in [-0.39, 0.29) is 6.61 Å². The lowest BCUT2D eigenvalue weighted by atomic mass is 10.3. The summed E-state index contributed by atoms with van der Waals surface area (Å²) >= 11 is 0. The van der Waals surface area contributed by atoms with Gasteiger partial charge in [-0.1, -0.05) is 12.1 Å². The number of para-hydroxylation sites is 2. The van der Waals surface area contributed by atoms with Crippen LogP contribution in [0, 0.1) is 10.1 Å². The van der Waals surface area contributed by atoms with Gasteiger partial charge in [0.2, 0.25) is 0 Å². The van der Waals surface area contributed by atoms with Gasteiger partial charge in [-0.15, -0.1) is 10.1 Å². The third-order valence-corrected chi connectivity index (χ3v) is 1.87. The Morgan fingerprint density at radius 3 is 2.59 bits per heavy atom. The van der Waals surface area contributed by atoms with Crippen LogP contribution in [-0.2, 0) is 4.84 Å². The molecule has 0 aliphatic rings. The highest BCUT2D eigenvalue weighted by Gasteiger charge is 2.09. The van der Waals surface area contributed by atoms with Crippen LogP contribution in [0.3, 0.4) is 0 Å². The monoisotopic (exact) mass is 243 g/mol. The van der Waals surface area contributed by atoms with E-state index in [1.165, 1.54) is 7.11 Å². The van der Waals surface area contributed by atoms with Crippen molar-refractivity contribution in [1.29, 1.82) is 0 Å². The van der Waals surface area contributed by atoms with Gasteiger partial charge in [0.15, 0.2) is 11.5 Å². The lowest BCUT2D eigenvalue weighted by Gasteiger charge is -2.13. The summed E-state index contributed by atoms with van der Waals surface area (Å²) in [6.45, 7) is -0.545. The van der Waals surface area contributed by atoms with Gasteiger partial charge in [0.1, 0.15) is 19.3 Å². The Labute approximate surface area is 97.6 Å². The molecule has 1 aromatic carbocycles. The number of ether oxygens (including phenoxy) is 2. The fraction of sp³-hybridized carbons (Fsp3) is 0.400. The molecule has 0 unspecified atom stereocenters. The second-order valence-electron chi connectivity index (χ2n) is 3.14. The smallest absolute Gasteiger partial charge is 0.294 e. The highest BCUT2D eigenvalue weighted by molar-refractivity contribution is 5.39. The van der Waals surface area contributed by atoms with Crippen LogP contribution >= 0.6 is 0 Å². The number of aliphatic hydroxyl groups is 1. The molecule has 0 aromatic heterocycles. The first kappa shape index (κ1) is 13.0. The second kappa shape index (κ2) is 6.54. The molecule has 7 heteroatoms. The van der Waals surface area contributed by atoms with Crippen LogP contribution < -0.4 is 9.47 Å². The van der Waals surface area contributed by atoms with E-state index in [0.717, 1.165) is 0 Å². The molecular formula is C10H13NO6. The maximum absolute atomic E-state index is 9.89. The van der Waals surface area contributed by atoms with E-state index in [2.05, 4.69) is 4.84 Å². The van der Waals surface area contributed by atoms with Crippen LogP contribution in [0.1, 0.15) is 0 Å². The Hall–Kier alpha value is -2.02. The van der Waals surface area contributed by atoms with Crippen molar-refractivity contribution >= 4 is 0 Å². The molecule has 0 radical (unpaired) electrons. The van der Waals surface area contributed by atoms with E-state index in [9.17, 15) is 15.2 Å². The van der Waals surface area contributed by atoms with Gasteiger partial charge in [0.25, 0.3) is 5.09 Å². The third-order valence-electron chi connectivity index (χ3n) is 1.87. The zero-order valence-corrected chi connectivity index (χ0v) is 9.24. The average molecular weight is 243 g/mol. The first-order chi connectivity index (χ1) is 8.13. The minimum absolute atomic E-state index is 0.117. The van der Waals surface area contributed by atoms with Gasteiger partial charge in [-0.2, -0.15) is 0 Å². The molecule has 0 fully saturated rings. The van der Waals surface area contributed by atoms with E-state index >= 15 is 0 Å². The molecule has 0 aliphatic heterocycles. The van der Waals surface area contributed by atoms with Crippen molar-refractivity contribution < 1.29 is 24.5 Å². The van der Waals surface area contributed by atoms with E-state index in [0.29, 0.717) is 11.5 Å². The zero-order valence-electron chi connectivity index (χ0n) is 9.24. The molecule has 0 saturated carbocycles. The number of aliphatic hydroxyl groups excluding tert-OH is 1. The molecule has 17 heavy (non-hydrogen) atoms. The second-order valence-corrected chi connectivity index (χ2v) is 3.14. The van der Waals surface area contributed by atoms with Crippen molar-refractivity contribution in [2.24, 2.45) is 0 Å². The van der Waals surface area contributed by atoms with Gasteiger partial charge in [-0.25, -0.2) is 0 Å². The quantitative estimate of drug-likeness (QED) is 0.558. The Morgan fingerprint density at radius 1 is 1.35 bits per heavy atom. The van der Waals surface area contributed by atoms with Gasteiger partial charge in [-0.05, 0) is 12.1 Å². The van der Waals surface area contributed by atoms with Crippen molar-refractivity contribution in [3.8, 4) is 11.5 Å². The Morgan fingerprint density at radius 2 is 2.00 bits per heavy atom. The summed E-state index contributed by atoms with van der Waals surface area (Å²) in [4.78, 5) is 13.9. The van der Waals surface area contributed by atoms with Gasteiger partial charge in [0, 0.05) is 0 Å². The maximum atomic E-state index is 9.89. The number of rotatable bonds is 7. The standard InChI is InChI=1S/C10H13NO6/c1-15-9-4-2-3-5-10(9)16-6-8(12)7-17-11(13)14/h2-5,8,12H,6-7H2,1H3/t8-/m1/s1. The summed E-state index contributed by atoms with van der Waals surface area (Å²) in [5, 5.41) is 18.3. The first-order valence-electron chi connectivity index (χ1n) is 4.84. The molecule has 1 rings (SSSR count). The highest BCUT2D eigenvalue weighted by atomic mass is 17.0. The first-order valence-corrected chi connectivity index (χ1v) is 4.84. The van der Waals surface area contributed by atoms with Crippen molar-refractivity contribution in [2.45, 2.75) is 6.10 Å². The Kier molecular flexibility index (Phi) is 5.02. The third kappa shape index (κ3) is 4.56. The van der Waals surface area contributed by atoms with Crippen LogP contribution in [-0.4, -0.2) is 36.6 Å². The SMILES string of the molecule is COc1ccccc1OC[C@@H](O)CO[N+](=O)[O-]. The maximum Gasteiger partial charge on any atom is 0.294 e. The summed E-state index contributed by atoms with van der Waals surface area (Å²) in [5.41, 5.74) is 0.